The molecule has 2 heterocycles. The second-order valence-electron chi connectivity index (χ2n) is 6.52. The van der Waals surface area contributed by atoms with Crippen LogP contribution in [0.5, 0.6) is 0 Å². The average Bonchev–Trinajstić information content (AvgIpc) is 3.10. The number of allylic oxidation sites excluding steroid dienone is 2. The number of aryl methyl sites for hydroxylation is 1. The summed E-state index contributed by atoms with van der Waals surface area (Å²) < 4.78 is 5.32. The predicted molar refractivity (Wildman–Crippen MR) is 85.2 cm³/mol. The summed E-state index contributed by atoms with van der Waals surface area (Å²) in [6.45, 7) is 3.15. The average molecular weight is 333 g/mol. The number of piperidine rings is 1. The van der Waals surface area contributed by atoms with Gasteiger partial charge in [0, 0.05) is 19.5 Å². The van der Waals surface area contributed by atoms with Crippen molar-refractivity contribution in [3.63, 3.8) is 0 Å². The maximum Gasteiger partial charge on any atom is 0.307 e. The molecule has 130 valence electrons. The van der Waals surface area contributed by atoms with Gasteiger partial charge in [-0.25, -0.2) is 0 Å². The Morgan fingerprint density at radius 2 is 2.08 bits per heavy atom. The van der Waals surface area contributed by atoms with Crippen molar-refractivity contribution in [3.8, 4) is 0 Å². The molecule has 0 unspecified atom stereocenters. The number of hydrogen-bond donors (Lipinski definition) is 1. The first kappa shape index (κ1) is 16.7. The van der Waals surface area contributed by atoms with Crippen LogP contribution >= 0.6 is 0 Å². The fourth-order valence-corrected chi connectivity index (χ4v) is 3.55. The van der Waals surface area contributed by atoms with E-state index in [1.54, 1.807) is 4.90 Å². The number of hydrogen-bond acceptors (Lipinski definition) is 5. The number of likely N-dealkylation sites (tertiary alicyclic amines) is 1. The molecule has 1 amide bonds. The molecule has 0 bridgehead atoms. The van der Waals surface area contributed by atoms with Gasteiger partial charge < -0.3 is 14.5 Å². The number of aliphatic carboxylic acids is 1. The minimum absolute atomic E-state index is 0.0397. The van der Waals surface area contributed by atoms with E-state index >= 15 is 0 Å². The molecule has 0 radical (unpaired) electrons. The normalized spacial score (nSPS) is 27.2. The number of rotatable bonds is 4. The Kier molecular flexibility index (Phi) is 4.97. The molecular formula is C17H23N3O4. The van der Waals surface area contributed by atoms with Crippen LogP contribution < -0.4 is 0 Å². The molecule has 1 aliphatic heterocycles. The van der Waals surface area contributed by atoms with E-state index in [1.807, 2.05) is 19.1 Å². The zero-order chi connectivity index (χ0) is 17.1. The first-order chi connectivity index (χ1) is 11.6. The molecule has 7 nitrogen and oxygen atoms in total. The number of carbonyl (C=O) groups excluding carboxylic acids is 1. The molecule has 0 aromatic carbocycles. The number of carboxylic acid groups (broad SMARTS) is 1. The molecule has 3 atom stereocenters. The highest BCUT2D eigenvalue weighted by Crippen LogP contribution is 2.31. The van der Waals surface area contributed by atoms with Gasteiger partial charge in [-0.2, -0.15) is 4.98 Å². The molecule has 0 saturated carbocycles. The monoisotopic (exact) mass is 333 g/mol. The van der Waals surface area contributed by atoms with Crippen molar-refractivity contribution in [2.45, 2.75) is 44.9 Å². The summed E-state index contributed by atoms with van der Waals surface area (Å²) in [6.07, 6.45) is 7.17. The minimum Gasteiger partial charge on any atom is -0.481 e. The standard InChI is InChI=1S/C17H23N3O4/c1-2-14-18-15(24-19-14)11-6-5-9-20(10-11)16(21)12-7-3-4-8-13(12)17(22)23/h3-4,11-13H,2,5-10H2,1H3,(H,22,23)/t11-,12-,13-/m1/s1. The van der Waals surface area contributed by atoms with Crippen LogP contribution in [0.1, 0.15) is 50.2 Å². The van der Waals surface area contributed by atoms with E-state index in [0.717, 1.165) is 12.8 Å². The Hall–Kier alpha value is -2.18. The third-order valence-corrected chi connectivity index (χ3v) is 4.95. The summed E-state index contributed by atoms with van der Waals surface area (Å²) in [5, 5.41) is 13.3. The maximum atomic E-state index is 12.9. The van der Waals surface area contributed by atoms with E-state index in [4.69, 9.17) is 4.52 Å². The van der Waals surface area contributed by atoms with Crippen LogP contribution in [0.3, 0.4) is 0 Å². The van der Waals surface area contributed by atoms with Crippen LogP contribution in [0, 0.1) is 11.8 Å². The third-order valence-electron chi connectivity index (χ3n) is 4.95. The number of aromatic nitrogens is 2. The molecular weight excluding hydrogens is 310 g/mol. The molecule has 3 rings (SSSR count). The van der Waals surface area contributed by atoms with Gasteiger partial charge in [-0.1, -0.05) is 24.2 Å². The Labute approximate surface area is 140 Å². The topological polar surface area (TPSA) is 96.5 Å². The van der Waals surface area contributed by atoms with E-state index < -0.39 is 17.8 Å². The van der Waals surface area contributed by atoms with E-state index in [-0.39, 0.29) is 11.8 Å². The lowest BCUT2D eigenvalue weighted by molar-refractivity contribution is -0.151. The first-order valence-corrected chi connectivity index (χ1v) is 8.59. The zero-order valence-corrected chi connectivity index (χ0v) is 13.9. The lowest BCUT2D eigenvalue weighted by Gasteiger charge is -2.35. The summed E-state index contributed by atoms with van der Waals surface area (Å²) in [7, 11) is 0. The smallest absolute Gasteiger partial charge is 0.307 e. The fraction of sp³-hybridized carbons (Fsp3) is 0.647. The van der Waals surface area contributed by atoms with Gasteiger partial charge in [0.1, 0.15) is 0 Å². The highest BCUT2D eigenvalue weighted by atomic mass is 16.5. The molecule has 0 spiro atoms. The number of carboxylic acids is 1. The van der Waals surface area contributed by atoms with Crippen molar-refractivity contribution >= 4 is 11.9 Å². The lowest BCUT2D eigenvalue weighted by Crippen LogP contribution is -2.45. The molecule has 1 aliphatic carbocycles. The fourth-order valence-electron chi connectivity index (χ4n) is 3.55. The van der Waals surface area contributed by atoms with Gasteiger partial charge in [-0.3, -0.25) is 9.59 Å². The molecule has 1 N–H and O–H groups in total. The van der Waals surface area contributed by atoms with Crippen LogP contribution in [0.2, 0.25) is 0 Å². The molecule has 7 heteroatoms. The Bertz CT molecular complexity index is 640. The van der Waals surface area contributed by atoms with E-state index in [0.29, 0.717) is 44.1 Å². The molecule has 1 aromatic heterocycles. The van der Waals surface area contributed by atoms with Crippen LogP contribution in [-0.4, -0.2) is 45.1 Å². The maximum absolute atomic E-state index is 12.9. The number of nitrogens with zero attached hydrogens (tertiary/aromatic N) is 3. The minimum atomic E-state index is -0.893. The van der Waals surface area contributed by atoms with Gasteiger partial charge >= 0.3 is 5.97 Å². The third kappa shape index (κ3) is 3.34. The quantitative estimate of drug-likeness (QED) is 0.847. The second kappa shape index (κ2) is 7.15. The SMILES string of the molecule is CCc1noc([C@@H]2CCCN(C(=O)[C@@H]3CC=CC[C@H]3C(=O)O)C2)n1. The van der Waals surface area contributed by atoms with Gasteiger partial charge in [0.15, 0.2) is 5.82 Å². The van der Waals surface area contributed by atoms with Crippen LogP contribution in [0.4, 0.5) is 0 Å². The Balaban J connectivity index is 1.70. The van der Waals surface area contributed by atoms with E-state index in [2.05, 4.69) is 10.1 Å². The van der Waals surface area contributed by atoms with Gasteiger partial charge in [-0.15, -0.1) is 0 Å². The molecule has 1 fully saturated rings. The molecule has 1 saturated heterocycles. The first-order valence-electron chi connectivity index (χ1n) is 8.59. The van der Waals surface area contributed by atoms with Gasteiger partial charge in [0.05, 0.1) is 17.8 Å². The van der Waals surface area contributed by atoms with Crippen molar-refractivity contribution in [1.82, 2.24) is 15.0 Å². The van der Waals surface area contributed by atoms with Crippen LogP contribution in [-0.2, 0) is 16.0 Å². The largest absolute Gasteiger partial charge is 0.481 e. The van der Waals surface area contributed by atoms with Crippen LogP contribution in [0.25, 0.3) is 0 Å². The molecule has 2 aliphatic rings. The zero-order valence-electron chi connectivity index (χ0n) is 13.9. The number of amides is 1. The summed E-state index contributed by atoms with van der Waals surface area (Å²) >= 11 is 0. The Morgan fingerprint density at radius 1 is 1.33 bits per heavy atom. The van der Waals surface area contributed by atoms with Gasteiger partial charge in [-0.05, 0) is 25.7 Å². The van der Waals surface area contributed by atoms with Crippen molar-refractivity contribution in [2.75, 3.05) is 13.1 Å². The van der Waals surface area contributed by atoms with Gasteiger partial charge in [0.2, 0.25) is 11.8 Å². The van der Waals surface area contributed by atoms with Gasteiger partial charge in [0.25, 0.3) is 0 Å². The summed E-state index contributed by atoms with van der Waals surface area (Å²) in [4.78, 5) is 30.5. The van der Waals surface area contributed by atoms with E-state index in [9.17, 15) is 14.7 Å². The molecule has 1 aromatic rings. The van der Waals surface area contributed by atoms with Crippen molar-refractivity contribution < 1.29 is 19.2 Å². The van der Waals surface area contributed by atoms with Crippen molar-refractivity contribution in [2.24, 2.45) is 11.8 Å². The summed E-state index contributed by atoms with van der Waals surface area (Å²) in [6, 6.07) is 0. The van der Waals surface area contributed by atoms with E-state index in [1.165, 1.54) is 0 Å². The predicted octanol–water partition coefficient (Wildman–Crippen LogP) is 2.00. The molecule has 24 heavy (non-hydrogen) atoms. The lowest BCUT2D eigenvalue weighted by atomic mass is 9.81. The van der Waals surface area contributed by atoms with Crippen molar-refractivity contribution in [3.05, 3.63) is 23.9 Å². The highest BCUT2D eigenvalue weighted by molar-refractivity contribution is 5.85. The van der Waals surface area contributed by atoms with Crippen LogP contribution in [0.15, 0.2) is 16.7 Å². The van der Waals surface area contributed by atoms with Crippen molar-refractivity contribution in [1.29, 1.82) is 0 Å². The number of carbonyl (C=O) groups is 2. The second-order valence-corrected chi connectivity index (χ2v) is 6.52. The highest BCUT2D eigenvalue weighted by Gasteiger charge is 2.38. The Morgan fingerprint density at radius 3 is 2.75 bits per heavy atom. The summed E-state index contributed by atoms with van der Waals surface area (Å²) in [5.41, 5.74) is 0. The summed E-state index contributed by atoms with van der Waals surface area (Å²) in [5.74, 6) is -0.752.